The summed E-state index contributed by atoms with van der Waals surface area (Å²) in [6, 6.07) is 6.88. The first kappa shape index (κ1) is 12.3. The molecule has 0 aromatic heterocycles. The van der Waals surface area contributed by atoms with E-state index < -0.39 is 5.97 Å². The van der Waals surface area contributed by atoms with E-state index in [4.69, 9.17) is 5.11 Å². The maximum absolute atomic E-state index is 10.6. The van der Waals surface area contributed by atoms with Crippen LogP contribution in [0.25, 0.3) is 0 Å². The van der Waals surface area contributed by atoms with E-state index in [2.05, 4.69) is 17.2 Å². The number of hydrogen-bond donors (Lipinski definition) is 2. The molecule has 2 N–H and O–H groups in total. The fraction of sp³-hybridized carbons (Fsp3) is 0.308. The summed E-state index contributed by atoms with van der Waals surface area (Å²) in [6.07, 6.45) is 0.837. The summed E-state index contributed by atoms with van der Waals surface area (Å²) in [5, 5.41) is 12.0. The van der Waals surface area contributed by atoms with E-state index in [1.54, 1.807) is 12.1 Å². The summed E-state index contributed by atoms with van der Waals surface area (Å²) in [7, 11) is 0. The lowest BCUT2D eigenvalue weighted by molar-refractivity contribution is 0.0697. The van der Waals surface area contributed by atoms with Crippen LogP contribution in [0.2, 0.25) is 0 Å². The summed E-state index contributed by atoms with van der Waals surface area (Å²) in [5.74, 6) is 4.91. The Kier molecular flexibility index (Phi) is 5.10. The number of aromatic carboxylic acids is 1. The van der Waals surface area contributed by atoms with Gasteiger partial charge in [0.05, 0.1) is 5.56 Å². The fourth-order valence-electron chi connectivity index (χ4n) is 1.27. The average molecular weight is 217 g/mol. The third-order valence-electron chi connectivity index (χ3n) is 2.13. The Morgan fingerprint density at radius 3 is 2.62 bits per heavy atom. The van der Waals surface area contributed by atoms with Crippen LogP contribution in [0.1, 0.15) is 29.3 Å². The summed E-state index contributed by atoms with van der Waals surface area (Å²) in [6.45, 7) is 3.41. The van der Waals surface area contributed by atoms with Crippen LogP contribution in [-0.4, -0.2) is 17.6 Å². The van der Waals surface area contributed by atoms with Gasteiger partial charge in [-0.05, 0) is 24.6 Å². The summed E-state index contributed by atoms with van der Waals surface area (Å²) < 4.78 is 0. The first-order chi connectivity index (χ1) is 7.74. The number of hydrogen-bond acceptors (Lipinski definition) is 2. The summed E-state index contributed by atoms with van der Waals surface area (Å²) in [5.41, 5.74) is 1.40. The van der Waals surface area contributed by atoms with Crippen LogP contribution >= 0.6 is 0 Å². The largest absolute Gasteiger partial charge is 0.478 e. The highest BCUT2D eigenvalue weighted by atomic mass is 16.4. The molecule has 0 unspecified atom stereocenters. The van der Waals surface area contributed by atoms with Crippen LogP contribution < -0.4 is 5.32 Å². The number of carboxylic acids is 1. The molecule has 0 aliphatic heterocycles. The van der Waals surface area contributed by atoms with Crippen LogP contribution in [0, 0.1) is 11.8 Å². The molecular weight excluding hydrogens is 202 g/mol. The van der Waals surface area contributed by atoms with E-state index in [9.17, 15) is 4.79 Å². The molecule has 1 rings (SSSR count). The molecule has 0 saturated carbocycles. The Balaban J connectivity index is 2.36. The third kappa shape index (κ3) is 4.16. The minimum atomic E-state index is -0.891. The fourth-order valence-corrected chi connectivity index (χ4v) is 1.27. The van der Waals surface area contributed by atoms with Crippen molar-refractivity contribution < 1.29 is 9.90 Å². The Morgan fingerprint density at radius 2 is 2.06 bits per heavy atom. The number of carboxylic acid groups (broad SMARTS) is 1. The Hall–Kier alpha value is -1.79. The summed E-state index contributed by atoms with van der Waals surface area (Å²) >= 11 is 0. The molecule has 84 valence electrons. The second-order valence-corrected chi connectivity index (χ2v) is 3.36. The highest BCUT2D eigenvalue weighted by Gasteiger charge is 2.00. The maximum atomic E-state index is 10.6. The number of nitrogens with one attached hydrogen (secondary N) is 1. The molecule has 0 atom stereocenters. The first-order valence-corrected chi connectivity index (χ1v) is 5.16. The molecule has 0 bridgehead atoms. The third-order valence-corrected chi connectivity index (χ3v) is 2.13. The molecule has 0 aliphatic rings. The molecule has 0 aliphatic carbocycles. The standard InChI is InChI=1S/C13H15NO2/c1-2-3-4-9-14-10-11-5-7-12(8-6-11)13(15)16/h5-8,14H,4,9-10H2,1H3,(H,15,16). The van der Waals surface area contributed by atoms with Gasteiger partial charge in [0.25, 0.3) is 0 Å². The van der Waals surface area contributed by atoms with E-state index in [1.165, 1.54) is 0 Å². The number of rotatable bonds is 5. The van der Waals surface area contributed by atoms with Crippen molar-refractivity contribution in [3.05, 3.63) is 35.4 Å². The van der Waals surface area contributed by atoms with Crippen molar-refractivity contribution in [2.75, 3.05) is 6.54 Å². The number of carbonyl (C=O) groups is 1. The van der Waals surface area contributed by atoms with Crippen molar-refractivity contribution in [3.63, 3.8) is 0 Å². The minimum Gasteiger partial charge on any atom is -0.478 e. The minimum absolute atomic E-state index is 0.320. The molecule has 0 spiro atoms. The zero-order chi connectivity index (χ0) is 11.8. The molecule has 3 heteroatoms. The molecule has 0 amide bonds. The van der Waals surface area contributed by atoms with Crippen LogP contribution in [-0.2, 0) is 6.54 Å². The SMILES string of the molecule is CC#CCCNCc1ccc(C(=O)O)cc1. The molecule has 1 aromatic carbocycles. The van der Waals surface area contributed by atoms with Crippen LogP contribution in [0.3, 0.4) is 0 Å². The van der Waals surface area contributed by atoms with Gasteiger partial charge in [0.15, 0.2) is 0 Å². The lowest BCUT2D eigenvalue weighted by Gasteiger charge is -2.03. The van der Waals surface area contributed by atoms with Gasteiger partial charge in [-0.2, -0.15) is 0 Å². The van der Waals surface area contributed by atoms with Crippen molar-refractivity contribution in [3.8, 4) is 11.8 Å². The van der Waals surface area contributed by atoms with Gasteiger partial charge in [-0.1, -0.05) is 12.1 Å². The highest BCUT2D eigenvalue weighted by molar-refractivity contribution is 5.87. The van der Waals surface area contributed by atoms with Crippen molar-refractivity contribution in [2.24, 2.45) is 0 Å². The molecule has 1 aromatic rings. The average Bonchev–Trinajstić information content (AvgIpc) is 2.29. The van der Waals surface area contributed by atoms with Gasteiger partial charge in [0.1, 0.15) is 0 Å². The Morgan fingerprint density at radius 1 is 1.38 bits per heavy atom. The zero-order valence-corrected chi connectivity index (χ0v) is 9.29. The van der Waals surface area contributed by atoms with Crippen molar-refractivity contribution >= 4 is 5.97 Å². The molecule has 0 fully saturated rings. The number of benzene rings is 1. The molecular formula is C13H15NO2. The van der Waals surface area contributed by atoms with E-state index >= 15 is 0 Å². The Bertz CT molecular complexity index is 398. The van der Waals surface area contributed by atoms with Crippen LogP contribution in [0.5, 0.6) is 0 Å². The van der Waals surface area contributed by atoms with Gasteiger partial charge >= 0.3 is 5.97 Å². The van der Waals surface area contributed by atoms with Crippen molar-refractivity contribution in [1.82, 2.24) is 5.32 Å². The van der Waals surface area contributed by atoms with E-state index in [0.717, 1.165) is 25.1 Å². The van der Waals surface area contributed by atoms with Crippen LogP contribution in [0.4, 0.5) is 0 Å². The van der Waals surface area contributed by atoms with Gasteiger partial charge in [-0.25, -0.2) is 4.79 Å². The van der Waals surface area contributed by atoms with Gasteiger partial charge in [0.2, 0.25) is 0 Å². The zero-order valence-electron chi connectivity index (χ0n) is 9.29. The summed E-state index contributed by atoms with van der Waals surface area (Å²) in [4.78, 5) is 10.6. The normalized spacial score (nSPS) is 9.31. The van der Waals surface area contributed by atoms with Crippen LogP contribution in [0.15, 0.2) is 24.3 Å². The van der Waals surface area contributed by atoms with Gasteiger partial charge in [-0.15, -0.1) is 11.8 Å². The molecule has 0 radical (unpaired) electrons. The topological polar surface area (TPSA) is 49.3 Å². The predicted molar refractivity (Wildman–Crippen MR) is 63.2 cm³/mol. The monoisotopic (exact) mass is 217 g/mol. The Labute approximate surface area is 95.5 Å². The molecule has 16 heavy (non-hydrogen) atoms. The second kappa shape index (κ2) is 6.65. The van der Waals surface area contributed by atoms with Crippen molar-refractivity contribution in [2.45, 2.75) is 19.9 Å². The van der Waals surface area contributed by atoms with Gasteiger partial charge in [0, 0.05) is 19.5 Å². The lowest BCUT2D eigenvalue weighted by atomic mass is 10.1. The van der Waals surface area contributed by atoms with E-state index in [0.29, 0.717) is 5.56 Å². The second-order valence-electron chi connectivity index (χ2n) is 3.36. The van der Waals surface area contributed by atoms with Gasteiger partial charge < -0.3 is 10.4 Å². The molecule has 3 nitrogen and oxygen atoms in total. The van der Waals surface area contributed by atoms with Gasteiger partial charge in [-0.3, -0.25) is 0 Å². The predicted octanol–water partition coefficient (Wildman–Crippen LogP) is 1.89. The first-order valence-electron chi connectivity index (χ1n) is 5.16. The smallest absolute Gasteiger partial charge is 0.335 e. The van der Waals surface area contributed by atoms with E-state index in [-0.39, 0.29) is 0 Å². The quantitative estimate of drug-likeness (QED) is 0.585. The van der Waals surface area contributed by atoms with E-state index in [1.807, 2.05) is 19.1 Å². The van der Waals surface area contributed by atoms with Crippen molar-refractivity contribution in [1.29, 1.82) is 0 Å². The molecule has 0 heterocycles. The highest BCUT2D eigenvalue weighted by Crippen LogP contribution is 2.03. The molecule has 0 saturated heterocycles. The lowest BCUT2D eigenvalue weighted by Crippen LogP contribution is -2.14. The maximum Gasteiger partial charge on any atom is 0.335 e.